The van der Waals surface area contributed by atoms with Gasteiger partial charge in [-0.25, -0.2) is 0 Å². The molecule has 0 aromatic carbocycles. The molecule has 4 heteroatoms. The van der Waals surface area contributed by atoms with Crippen molar-refractivity contribution in [2.45, 2.75) is 24.9 Å². The van der Waals surface area contributed by atoms with Gasteiger partial charge in [0.1, 0.15) is 6.29 Å². The summed E-state index contributed by atoms with van der Waals surface area (Å²) < 4.78 is 0. The second-order valence-corrected chi connectivity index (χ2v) is 3.39. The molecule has 66 valence electrons. The summed E-state index contributed by atoms with van der Waals surface area (Å²) in [6, 6.07) is 0.537. The van der Waals surface area contributed by atoms with E-state index in [4.69, 9.17) is 0 Å². The van der Waals surface area contributed by atoms with Gasteiger partial charge in [0.05, 0.1) is 6.04 Å². The summed E-state index contributed by atoms with van der Waals surface area (Å²) in [5, 5.41) is 3.16. The van der Waals surface area contributed by atoms with E-state index in [0.717, 1.165) is 19.3 Å². The molecule has 2 atom stereocenters. The lowest BCUT2D eigenvalue weighted by Crippen LogP contribution is -2.69. The van der Waals surface area contributed by atoms with Crippen LogP contribution in [0.2, 0.25) is 0 Å². The van der Waals surface area contributed by atoms with Crippen LogP contribution in [0.5, 0.6) is 0 Å². The maximum Gasteiger partial charge on any atom is 0.239 e. The average Bonchev–Trinajstić information content (AvgIpc) is 2.00. The van der Waals surface area contributed by atoms with Crippen molar-refractivity contribution in [3.63, 3.8) is 0 Å². The Bertz CT molecular complexity index is 211. The van der Waals surface area contributed by atoms with E-state index in [9.17, 15) is 9.59 Å². The molecular formula is C8H12N2O2. The van der Waals surface area contributed by atoms with Crippen LogP contribution in [0.4, 0.5) is 0 Å². The third-order valence-electron chi connectivity index (χ3n) is 2.52. The molecule has 2 unspecified atom stereocenters. The summed E-state index contributed by atoms with van der Waals surface area (Å²) in [6.45, 7) is 1.38. The number of piperidine rings is 1. The zero-order valence-corrected chi connectivity index (χ0v) is 6.82. The Labute approximate surface area is 70.9 Å². The molecule has 1 amide bonds. The van der Waals surface area contributed by atoms with Gasteiger partial charge in [-0.3, -0.25) is 4.79 Å². The van der Waals surface area contributed by atoms with Gasteiger partial charge < -0.3 is 15.0 Å². The molecule has 0 aromatic heterocycles. The number of carbonyl (C=O) groups is 2. The summed E-state index contributed by atoms with van der Waals surface area (Å²) in [4.78, 5) is 23.3. The molecule has 3 aliphatic rings. The van der Waals surface area contributed by atoms with Crippen LogP contribution in [0.25, 0.3) is 0 Å². The number of amides is 1. The van der Waals surface area contributed by atoms with E-state index >= 15 is 0 Å². The Morgan fingerprint density at radius 3 is 3.00 bits per heavy atom. The van der Waals surface area contributed by atoms with Crippen molar-refractivity contribution in [1.29, 1.82) is 0 Å². The van der Waals surface area contributed by atoms with Crippen molar-refractivity contribution in [1.82, 2.24) is 10.2 Å². The quantitative estimate of drug-likeness (QED) is 0.558. The molecule has 0 radical (unpaired) electrons. The number of fused-ring (bicyclic) bond motifs is 2. The van der Waals surface area contributed by atoms with Crippen LogP contribution < -0.4 is 5.32 Å². The van der Waals surface area contributed by atoms with Gasteiger partial charge in [-0.2, -0.15) is 0 Å². The Morgan fingerprint density at radius 1 is 1.67 bits per heavy atom. The topological polar surface area (TPSA) is 49.4 Å². The van der Waals surface area contributed by atoms with Crippen LogP contribution in [0.15, 0.2) is 0 Å². The predicted molar refractivity (Wildman–Crippen MR) is 42.6 cm³/mol. The lowest BCUT2D eigenvalue weighted by molar-refractivity contribution is -0.143. The van der Waals surface area contributed by atoms with Crippen LogP contribution in [0.3, 0.4) is 0 Å². The average molecular weight is 168 g/mol. The minimum absolute atomic E-state index is 0.0513. The second-order valence-electron chi connectivity index (χ2n) is 3.39. The monoisotopic (exact) mass is 168 g/mol. The molecule has 3 rings (SSSR count). The maximum atomic E-state index is 11.4. The summed E-state index contributed by atoms with van der Waals surface area (Å²) >= 11 is 0. The molecule has 3 fully saturated rings. The highest BCUT2D eigenvalue weighted by molar-refractivity contribution is 5.84. The van der Waals surface area contributed by atoms with Crippen molar-refractivity contribution >= 4 is 12.2 Å². The number of nitrogens with zero attached hydrogens (tertiary/aromatic N) is 1. The van der Waals surface area contributed by atoms with E-state index < -0.39 is 0 Å². The first-order chi connectivity index (χ1) is 5.81. The molecule has 0 aromatic rings. The summed E-state index contributed by atoms with van der Waals surface area (Å²) in [6.07, 6.45) is 2.31. The Hall–Kier alpha value is -0.900. The zero-order chi connectivity index (χ0) is 8.55. The number of nitrogens with one attached hydrogen (secondary N) is 1. The van der Waals surface area contributed by atoms with Crippen molar-refractivity contribution < 1.29 is 9.59 Å². The van der Waals surface area contributed by atoms with E-state index in [1.807, 2.05) is 0 Å². The van der Waals surface area contributed by atoms with Gasteiger partial charge in [0, 0.05) is 25.6 Å². The Morgan fingerprint density at radius 2 is 2.42 bits per heavy atom. The second kappa shape index (κ2) is 2.86. The van der Waals surface area contributed by atoms with E-state index in [-0.39, 0.29) is 11.9 Å². The zero-order valence-electron chi connectivity index (χ0n) is 6.82. The fraction of sp³-hybridized carbons (Fsp3) is 0.750. The lowest BCUT2D eigenvalue weighted by Gasteiger charge is -2.47. The van der Waals surface area contributed by atoms with E-state index in [2.05, 4.69) is 5.32 Å². The molecule has 3 saturated heterocycles. The van der Waals surface area contributed by atoms with Crippen LogP contribution in [-0.4, -0.2) is 42.3 Å². The number of rotatable bonds is 3. The first-order valence-electron chi connectivity index (χ1n) is 4.29. The van der Waals surface area contributed by atoms with Gasteiger partial charge in [0.2, 0.25) is 5.91 Å². The van der Waals surface area contributed by atoms with Gasteiger partial charge in [0.15, 0.2) is 0 Å². The van der Waals surface area contributed by atoms with Crippen LogP contribution in [0.1, 0.15) is 12.8 Å². The summed E-state index contributed by atoms with van der Waals surface area (Å²) in [5.41, 5.74) is 0. The Balaban J connectivity index is 1.90. The van der Waals surface area contributed by atoms with Crippen molar-refractivity contribution in [2.24, 2.45) is 0 Å². The molecule has 0 spiro atoms. The standard InChI is InChI=1S/C8H12N2O2/c11-3-1-2-10-5-6-4-7(9-6)8(10)12/h3,6-7,9H,1-2,4-5H2. The molecule has 3 aliphatic heterocycles. The maximum absolute atomic E-state index is 11.4. The molecular weight excluding hydrogens is 156 g/mol. The fourth-order valence-corrected chi connectivity index (χ4v) is 1.83. The molecule has 0 saturated carbocycles. The first-order valence-corrected chi connectivity index (χ1v) is 4.29. The van der Waals surface area contributed by atoms with Gasteiger partial charge in [-0.05, 0) is 6.42 Å². The molecule has 3 heterocycles. The van der Waals surface area contributed by atoms with E-state index in [1.165, 1.54) is 0 Å². The summed E-state index contributed by atoms with van der Waals surface area (Å²) in [7, 11) is 0. The minimum atomic E-state index is 0.0513. The highest BCUT2D eigenvalue weighted by Crippen LogP contribution is 2.21. The van der Waals surface area contributed by atoms with E-state index in [1.54, 1.807) is 4.90 Å². The number of hydrogen-bond acceptors (Lipinski definition) is 3. The molecule has 0 aliphatic carbocycles. The van der Waals surface area contributed by atoms with Gasteiger partial charge in [0.25, 0.3) is 0 Å². The fourth-order valence-electron chi connectivity index (χ4n) is 1.83. The number of carbonyl (C=O) groups excluding carboxylic acids is 2. The molecule has 4 nitrogen and oxygen atoms in total. The van der Waals surface area contributed by atoms with Crippen molar-refractivity contribution in [2.75, 3.05) is 13.1 Å². The smallest absolute Gasteiger partial charge is 0.239 e. The Kier molecular flexibility index (Phi) is 1.84. The minimum Gasteiger partial charge on any atom is -0.339 e. The van der Waals surface area contributed by atoms with Crippen molar-refractivity contribution in [3.05, 3.63) is 0 Å². The van der Waals surface area contributed by atoms with Gasteiger partial charge >= 0.3 is 0 Å². The third kappa shape index (κ3) is 1.12. The molecule has 1 N–H and O–H groups in total. The number of hydrogen-bond donors (Lipinski definition) is 1. The summed E-state index contributed by atoms with van der Waals surface area (Å²) in [5.74, 6) is 0.166. The third-order valence-corrected chi connectivity index (χ3v) is 2.52. The highest BCUT2D eigenvalue weighted by atomic mass is 16.2. The van der Waals surface area contributed by atoms with Crippen LogP contribution in [0, 0.1) is 0 Å². The normalized spacial score (nSPS) is 33.0. The van der Waals surface area contributed by atoms with Crippen LogP contribution in [-0.2, 0) is 9.59 Å². The van der Waals surface area contributed by atoms with Gasteiger partial charge in [-0.1, -0.05) is 0 Å². The molecule has 2 bridgehead atoms. The lowest BCUT2D eigenvalue weighted by atomic mass is 9.90. The van der Waals surface area contributed by atoms with Crippen molar-refractivity contribution in [3.8, 4) is 0 Å². The predicted octanol–water partition coefficient (Wildman–Crippen LogP) is -0.852. The largest absolute Gasteiger partial charge is 0.339 e. The SMILES string of the molecule is O=CCCN1CC2CC(N2)C1=O. The number of piperazine rings is 1. The first kappa shape index (κ1) is 7.73. The van der Waals surface area contributed by atoms with E-state index in [0.29, 0.717) is 19.0 Å². The molecule has 12 heavy (non-hydrogen) atoms. The van der Waals surface area contributed by atoms with Gasteiger partial charge in [-0.15, -0.1) is 0 Å². The number of aldehydes is 1. The highest BCUT2D eigenvalue weighted by Gasteiger charge is 2.42. The van der Waals surface area contributed by atoms with Crippen LogP contribution >= 0.6 is 0 Å².